The molecule has 0 spiro atoms. The first kappa shape index (κ1) is 30.1. The summed E-state index contributed by atoms with van der Waals surface area (Å²) in [5.74, 6) is 0. The van der Waals surface area contributed by atoms with Crippen molar-refractivity contribution in [2.75, 3.05) is 0 Å². The van der Waals surface area contributed by atoms with Crippen molar-refractivity contribution in [1.82, 2.24) is 0 Å². The van der Waals surface area contributed by atoms with Gasteiger partial charge in [-0.05, 0) is 12.8 Å². The molecule has 0 aromatic rings. The summed E-state index contributed by atoms with van der Waals surface area (Å²) in [5, 5.41) is 8.72. The van der Waals surface area contributed by atoms with Gasteiger partial charge in [-0.3, -0.25) is 0 Å². The molecule has 0 radical (unpaired) electrons. The predicted octanol–water partition coefficient (Wildman–Crippen LogP) is 2.94. The van der Waals surface area contributed by atoms with Crippen LogP contribution in [-0.2, 0) is 10.1 Å². The Morgan fingerprint density at radius 2 is 1.04 bits per heavy atom. The first-order chi connectivity index (χ1) is 12.4. The molecule has 2 unspecified atom stereocenters. The molecule has 1 N–H and O–H groups in total. The van der Waals surface area contributed by atoms with Crippen LogP contribution in [0.2, 0.25) is 0 Å². The summed E-state index contributed by atoms with van der Waals surface area (Å²) in [6, 6.07) is 0. The molecule has 0 heterocycles. The van der Waals surface area contributed by atoms with Gasteiger partial charge < -0.3 is 9.66 Å². The van der Waals surface area contributed by atoms with Gasteiger partial charge in [-0.2, -0.15) is 0 Å². The standard InChI is InChI=1S/C21H44O4S.Na/c1-3-5-6-7-8-9-10-11-12-13-14-15-16-17-18-19-20(22)21(4-2)26(23,24)25;/h20-22H,3-19H2,1-2H3,(H,23,24,25);/q;+1/p-1. The number of aliphatic hydroxyl groups excluding tert-OH is 1. The van der Waals surface area contributed by atoms with Gasteiger partial charge in [0, 0.05) is 0 Å². The van der Waals surface area contributed by atoms with E-state index in [-0.39, 0.29) is 36.0 Å². The summed E-state index contributed by atoms with van der Waals surface area (Å²) >= 11 is 0. The van der Waals surface area contributed by atoms with Crippen LogP contribution in [0.15, 0.2) is 0 Å². The Hall–Kier alpha value is 0.870. The maximum atomic E-state index is 11.0. The second kappa shape index (κ2) is 20.2. The Morgan fingerprint density at radius 3 is 1.33 bits per heavy atom. The fraction of sp³-hybridized carbons (Fsp3) is 1.00. The molecular weight excluding hydrogens is 371 g/mol. The average molecular weight is 415 g/mol. The molecule has 0 fully saturated rings. The van der Waals surface area contributed by atoms with Crippen LogP contribution in [0.3, 0.4) is 0 Å². The van der Waals surface area contributed by atoms with Crippen LogP contribution in [0.25, 0.3) is 0 Å². The van der Waals surface area contributed by atoms with Crippen LogP contribution >= 0.6 is 0 Å². The van der Waals surface area contributed by atoms with Gasteiger partial charge in [-0.15, -0.1) is 0 Å². The first-order valence-corrected chi connectivity index (χ1v) is 12.5. The molecule has 0 bridgehead atoms. The summed E-state index contributed by atoms with van der Waals surface area (Å²) in [4.78, 5) is 0. The number of unbranched alkanes of at least 4 members (excludes halogenated alkanes) is 14. The minimum absolute atomic E-state index is 0. The molecular formula is C21H43NaO4S. The fourth-order valence-corrected chi connectivity index (χ4v) is 4.51. The number of rotatable bonds is 19. The van der Waals surface area contributed by atoms with Gasteiger partial charge in [0.25, 0.3) is 0 Å². The third-order valence-electron chi connectivity index (χ3n) is 5.31. The average Bonchev–Trinajstić information content (AvgIpc) is 2.57. The van der Waals surface area contributed by atoms with E-state index >= 15 is 0 Å². The Bertz CT molecular complexity index is 401. The Morgan fingerprint density at radius 1 is 0.704 bits per heavy atom. The van der Waals surface area contributed by atoms with Gasteiger partial charge in [0.15, 0.2) is 0 Å². The molecule has 0 aliphatic rings. The van der Waals surface area contributed by atoms with Crippen LogP contribution in [0.1, 0.15) is 123 Å². The van der Waals surface area contributed by atoms with Gasteiger partial charge in [0.1, 0.15) is 10.1 Å². The first-order valence-electron chi connectivity index (χ1n) is 11.1. The van der Waals surface area contributed by atoms with E-state index in [1.807, 2.05) is 0 Å². The van der Waals surface area contributed by atoms with Gasteiger partial charge in [0.05, 0.1) is 11.4 Å². The molecule has 4 nitrogen and oxygen atoms in total. The van der Waals surface area contributed by atoms with Crippen LogP contribution in [0.5, 0.6) is 0 Å². The normalized spacial score (nSPS) is 13.9. The monoisotopic (exact) mass is 414 g/mol. The molecule has 0 aromatic heterocycles. The largest absolute Gasteiger partial charge is 1.00 e. The molecule has 0 rings (SSSR count). The van der Waals surface area contributed by atoms with Crippen molar-refractivity contribution >= 4 is 10.1 Å². The van der Waals surface area contributed by atoms with Crippen molar-refractivity contribution in [3.05, 3.63) is 0 Å². The number of hydrogen-bond acceptors (Lipinski definition) is 4. The summed E-state index contributed by atoms with van der Waals surface area (Å²) in [5.41, 5.74) is 0. The van der Waals surface area contributed by atoms with Crippen LogP contribution in [0.4, 0.5) is 0 Å². The maximum absolute atomic E-state index is 11.0. The van der Waals surface area contributed by atoms with Crippen LogP contribution < -0.4 is 29.6 Å². The molecule has 158 valence electrons. The molecule has 6 heteroatoms. The van der Waals surface area contributed by atoms with Crippen molar-refractivity contribution in [2.24, 2.45) is 0 Å². The van der Waals surface area contributed by atoms with E-state index < -0.39 is 21.5 Å². The zero-order valence-electron chi connectivity index (χ0n) is 18.3. The zero-order valence-corrected chi connectivity index (χ0v) is 21.1. The van der Waals surface area contributed by atoms with Crippen molar-refractivity contribution in [1.29, 1.82) is 0 Å². The van der Waals surface area contributed by atoms with E-state index in [0.717, 1.165) is 19.3 Å². The van der Waals surface area contributed by atoms with E-state index in [0.29, 0.717) is 6.42 Å². The molecule has 0 amide bonds. The molecule has 0 aliphatic heterocycles. The zero-order chi connectivity index (χ0) is 19.7. The Kier molecular flexibility index (Phi) is 22.4. The Labute approximate surface area is 191 Å². The fourth-order valence-electron chi connectivity index (χ4n) is 3.58. The second-order valence-electron chi connectivity index (χ2n) is 7.75. The van der Waals surface area contributed by atoms with Crippen molar-refractivity contribution in [2.45, 2.75) is 134 Å². The van der Waals surface area contributed by atoms with E-state index in [9.17, 15) is 18.1 Å². The third-order valence-corrected chi connectivity index (χ3v) is 6.69. The molecule has 0 aromatic carbocycles. The SMILES string of the molecule is CCCCCCCCCCCCCCCCCC(O)C(CC)S(=O)(=O)[O-].[Na+]. The summed E-state index contributed by atoms with van der Waals surface area (Å²) in [7, 11) is -4.38. The third kappa shape index (κ3) is 18.6. The van der Waals surface area contributed by atoms with Crippen molar-refractivity contribution in [3.8, 4) is 0 Å². The van der Waals surface area contributed by atoms with E-state index in [4.69, 9.17) is 0 Å². The van der Waals surface area contributed by atoms with Crippen LogP contribution in [-0.4, -0.2) is 29.4 Å². The molecule has 0 saturated carbocycles. The summed E-state index contributed by atoms with van der Waals surface area (Å²) in [6.45, 7) is 3.89. The summed E-state index contributed by atoms with van der Waals surface area (Å²) in [6.07, 6.45) is 18.7. The van der Waals surface area contributed by atoms with E-state index in [1.54, 1.807) is 6.92 Å². The quantitative estimate of drug-likeness (QED) is 0.200. The van der Waals surface area contributed by atoms with Gasteiger partial charge >= 0.3 is 29.6 Å². The predicted molar refractivity (Wildman–Crippen MR) is 109 cm³/mol. The van der Waals surface area contributed by atoms with Gasteiger partial charge in [-0.1, -0.05) is 110 Å². The minimum atomic E-state index is -4.38. The Balaban J connectivity index is 0. The topological polar surface area (TPSA) is 77.4 Å². The molecule has 27 heavy (non-hydrogen) atoms. The smallest absolute Gasteiger partial charge is 0.748 e. The summed E-state index contributed by atoms with van der Waals surface area (Å²) < 4.78 is 33.1. The molecule has 0 saturated heterocycles. The number of hydrogen-bond donors (Lipinski definition) is 1. The van der Waals surface area contributed by atoms with E-state index in [2.05, 4.69) is 6.92 Å². The minimum Gasteiger partial charge on any atom is -0.748 e. The van der Waals surface area contributed by atoms with E-state index in [1.165, 1.54) is 77.0 Å². The maximum Gasteiger partial charge on any atom is 1.00 e. The van der Waals surface area contributed by atoms with Crippen molar-refractivity contribution in [3.63, 3.8) is 0 Å². The number of aliphatic hydroxyl groups is 1. The van der Waals surface area contributed by atoms with Gasteiger partial charge in [-0.25, -0.2) is 8.42 Å². The van der Waals surface area contributed by atoms with Crippen molar-refractivity contribution < 1.29 is 47.6 Å². The molecule has 2 atom stereocenters. The molecule has 0 aliphatic carbocycles. The van der Waals surface area contributed by atoms with Gasteiger partial charge in [0.2, 0.25) is 0 Å². The van der Waals surface area contributed by atoms with Crippen LogP contribution in [0, 0.1) is 0 Å². The second-order valence-corrected chi connectivity index (χ2v) is 9.34.